The van der Waals surface area contributed by atoms with Crippen LogP contribution >= 0.6 is 0 Å². The van der Waals surface area contributed by atoms with Gasteiger partial charge in [-0.05, 0) is 42.5 Å². The van der Waals surface area contributed by atoms with Crippen LogP contribution in [0.25, 0.3) is 0 Å². The monoisotopic (exact) mass is 350 g/mol. The summed E-state index contributed by atoms with van der Waals surface area (Å²) < 4.78 is 5.21. The van der Waals surface area contributed by atoms with Crippen LogP contribution in [0.15, 0.2) is 54.6 Å². The zero-order chi connectivity index (χ0) is 18.1. The van der Waals surface area contributed by atoms with Gasteiger partial charge in [-0.3, -0.25) is 9.69 Å². The van der Waals surface area contributed by atoms with Crippen LogP contribution in [-0.2, 0) is 21.5 Å². The number of nitrogens with zero attached hydrogens (tertiary/aromatic N) is 1. The molecule has 0 radical (unpaired) electrons. The minimum Gasteiger partial charge on any atom is -0.425 e. The fourth-order valence-corrected chi connectivity index (χ4v) is 3.74. The van der Waals surface area contributed by atoms with E-state index in [2.05, 4.69) is 5.32 Å². The van der Waals surface area contributed by atoms with Crippen molar-refractivity contribution in [3.63, 3.8) is 0 Å². The second-order valence-electron chi connectivity index (χ2n) is 6.52. The number of carbonyl (C=O) groups is 3. The summed E-state index contributed by atoms with van der Waals surface area (Å²) in [6.45, 7) is -0.413. The number of esters is 1. The van der Waals surface area contributed by atoms with Gasteiger partial charge in [-0.15, -0.1) is 0 Å². The Morgan fingerprint density at radius 1 is 1.08 bits per heavy atom. The molecule has 26 heavy (non-hydrogen) atoms. The summed E-state index contributed by atoms with van der Waals surface area (Å²) in [6, 6.07) is 15.6. The molecule has 0 aromatic heterocycles. The minimum atomic E-state index is -1.07. The van der Waals surface area contributed by atoms with E-state index in [1.165, 1.54) is 0 Å². The van der Waals surface area contributed by atoms with Gasteiger partial charge in [0.2, 0.25) is 0 Å². The van der Waals surface area contributed by atoms with Crippen molar-refractivity contribution in [1.29, 1.82) is 0 Å². The van der Waals surface area contributed by atoms with Crippen molar-refractivity contribution in [2.24, 2.45) is 0 Å². The van der Waals surface area contributed by atoms with Crippen LogP contribution in [0.2, 0.25) is 0 Å². The Labute approximate surface area is 150 Å². The van der Waals surface area contributed by atoms with Crippen LogP contribution < -0.4 is 10.1 Å². The Morgan fingerprint density at radius 2 is 1.81 bits per heavy atom. The first kappa shape index (κ1) is 16.3. The maximum absolute atomic E-state index is 13.1. The zero-order valence-electron chi connectivity index (χ0n) is 14.1. The first-order chi connectivity index (χ1) is 12.6. The van der Waals surface area contributed by atoms with Crippen LogP contribution in [0, 0.1) is 0 Å². The minimum absolute atomic E-state index is 0.377. The van der Waals surface area contributed by atoms with Crippen molar-refractivity contribution in [3.8, 4) is 5.75 Å². The molecule has 1 fully saturated rings. The third kappa shape index (κ3) is 2.63. The molecular weight excluding hydrogens is 332 g/mol. The standard InChI is InChI=1S/C20H18N2O4/c23-17(26-15-9-2-1-3-10-15)13-22-18(24)20(21-19(22)25)12-6-8-14-7-4-5-11-16(14)20/h1-5,7,9-11H,6,8,12-13H2,(H,21,25)/t20-/m0/s1. The summed E-state index contributed by atoms with van der Waals surface area (Å²) >= 11 is 0. The average molecular weight is 350 g/mol. The summed E-state index contributed by atoms with van der Waals surface area (Å²) in [5.41, 5.74) is 0.809. The van der Waals surface area contributed by atoms with Crippen molar-refractivity contribution in [3.05, 3.63) is 65.7 Å². The van der Waals surface area contributed by atoms with E-state index in [1.54, 1.807) is 30.3 Å². The second-order valence-corrected chi connectivity index (χ2v) is 6.52. The molecule has 4 rings (SSSR count). The number of para-hydroxylation sites is 1. The summed E-state index contributed by atoms with van der Waals surface area (Å²) in [4.78, 5) is 38.7. The van der Waals surface area contributed by atoms with Gasteiger partial charge in [-0.25, -0.2) is 9.59 Å². The lowest BCUT2D eigenvalue weighted by atomic mass is 9.76. The van der Waals surface area contributed by atoms with Crippen LogP contribution in [0.3, 0.4) is 0 Å². The average Bonchev–Trinajstić information content (AvgIpc) is 2.88. The SMILES string of the molecule is O=C(CN1C(=O)N[C@]2(CCCc3ccccc32)C1=O)Oc1ccccc1. The highest BCUT2D eigenvalue weighted by Gasteiger charge is 2.54. The molecule has 1 atom stereocenters. The Hall–Kier alpha value is -3.15. The van der Waals surface area contributed by atoms with E-state index in [-0.39, 0.29) is 5.91 Å². The molecule has 1 aliphatic carbocycles. The maximum atomic E-state index is 13.1. The van der Waals surface area contributed by atoms with E-state index in [0.29, 0.717) is 12.2 Å². The van der Waals surface area contributed by atoms with Crippen molar-refractivity contribution in [1.82, 2.24) is 10.2 Å². The van der Waals surface area contributed by atoms with E-state index < -0.39 is 24.1 Å². The van der Waals surface area contributed by atoms with Crippen LogP contribution in [0.1, 0.15) is 24.0 Å². The Morgan fingerprint density at radius 3 is 2.62 bits per heavy atom. The van der Waals surface area contributed by atoms with E-state index in [0.717, 1.165) is 28.9 Å². The molecule has 1 N–H and O–H groups in total. The molecule has 0 bridgehead atoms. The number of aryl methyl sites for hydroxylation is 1. The van der Waals surface area contributed by atoms with Gasteiger partial charge in [0.25, 0.3) is 5.91 Å². The number of nitrogens with one attached hydrogen (secondary N) is 1. The lowest BCUT2D eigenvalue weighted by molar-refractivity contribution is -0.141. The number of fused-ring (bicyclic) bond motifs is 2. The molecule has 1 saturated heterocycles. The number of amides is 3. The largest absolute Gasteiger partial charge is 0.425 e. The fraction of sp³-hybridized carbons (Fsp3) is 0.250. The molecular formula is C20H18N2O4. The third-order valence-electron chi connectivity index (χ3n) is 4.91. The van der Waals surface area contributed by atoms with E-state index in [9.17, 15) is 14.4 Å². The Kier molecular flexibility index (Phi) is 3.95. The third-order valence-corrected chi connectivity index (χ3v) is 4.91. The summed E-state index contributed by atoms with van der Waals surface area (Å²) in [6.07, 6.45) is 2.20. The highest BCUT2D eigenvalue weighted by Crippen LogP contribution is 2.39. The first-order valence-corrected chi connectivity index (χ1v) is 8.58. The van der Waals surface area contributed by atoms with Gasteiger partial charge in [0.05, 0.1) is 0 Å². The lowest BCUT2D eigenvalue weighted by Gasteiger charge is -2.33. The number of carbonyl (C=O) groups excluding carboxylic acids is 3. The highest BCUT2D eigenvalue weighted by atomic mass is 16.5. The predicted molar refractivity (Wildman–Crippen MR) is 93.4 cm³/mol. The van der Waals surface area contributed by atoms with Gasteiger partial charge >= 0.3 is 12.0 Å². The number of benzene rings is 2. The van der Waals surface area contributed by atoms with Gasteiger partial charge in [0, 0.05) is 0 Å². The molecule has 3 amide bonds. The van der Waals surface area contributed by atoms with E-state index in [1.807, 2.05) is 24.3 Å². The van der Waals surface area contributed by atoms with Crippen molar-refractivity contribution in [2.45, 2.75) is 24.8 Å². The second kappa shape index (κ2) is 6.29. The molecule has 1 heterocycles. The molecule has 1 spiro atoms. The Bertz CT molecular complexity index is 880. The van der Waals surface area contributed by atoms with Crippen molar-refractivity contribution in [2.75, 3.05) is 6.54 Å². The summed E-state index contributed by atoms with van der Waals surface area (Å²) in [7, 11) is 0. The molecule has 6 nitrogen and oxygen atoms in total. The zero-order valence-corrected chi connectivity index (χ0v) is 14.1. The molecule has 0 saturated carbocycles. The molecule has 0 unspecified atom stereocenters. The molecule has 2 aromatic carbocycles. The number of hydrogen-bond donors (Lipinski definition) is 1. The number of imide groups is 1. The number of urea groups is 1. The topological polar surface area (TPSA) is 75.7 Å². The number of hydrogen-bond acceptors (Lipinski definition) is 4. The molecule has 132 valence electrons. The molecule has 2 aromatic rings. The van der Waals surface area contributed by atoms with Gasteiger partial charge < -0.3 is 10.1 Å². The maximum Gasteiger partial charge on any atom is 0.331 e. The van der Waals surface area contributed by atoms with Gasteiger partial charge in [0.1, 0.15) is 17.8 Å². The summed E-state index contributed by atoms with van der Waals surface area (Å²) in [5.74, 6) is -0.664. The lowest BCUT2D eigenvalue weighted by Crippen LogP contribution is -2.47. The van der Waals surface area contributed by atoms with Gasteiger partial charge in [0.15, 0.2) is 0 Å². The van der Waals surface area contributed by atoms with E-state index in [4.69, 9.17) is 4.74 Å². The van der Waals surface area contributed by atoms with E-state index >= 15 is 0 Å². The smallest absolute Gasteiger partial charge is 0.331 e. The van der Waals surface area contributed by atoms with Crippen molar-refractivity contribution < 1.29 is 19.1 Å². The van der Waals surface area contributed by atoms with Crippen LogP contribution in [-0.4, -0.2) is 29.4 Å². The molecule has 2 aliphatic rings. The molecule has 1 aliphatic heterocycles. The van der Waals surface area contributed by atoms with Crippen molar-refractivity contribution >= 4 is 17.9 Å². The van der Waals surface area contributed by atoms with Gasteiger partial charge in [-0.1, -0.05) is 42.5 Å². The molecule has 6 heteroatoms. The predicted octanol–water partition coefficient (Wildman–Crippen LogP) is 2.38. The Balaban J connectivity index is 1.56. The first-order valence-electron chi connectivity index (χ1n) is 8.58. The highest BCUT2D eigenvalue weighted by molar-refractivity contribution is 6.09. The quantitative estimate of drug-likeness (QED) is 0.524. The summed E-state index contributed by atoms with van der Waals surface area (Å²) in [5, 5.41) is 2.82. The normalized spacial score (nSPS) is 21.5. The number of rotatable bonds is 3. The number of ether oxygens (including phenoxy) is 1. The van der Waals surface area contributed by atoms with Crippen LogP contribution in [0.5, 0.6) is 5.75 Å². The fourth-order valence-electron chi connectivity index (χ4n) is 3.74. The van der Waals surface area contributed by atoms with Gasteiger partial charge in [-0.2, -0.15) is 0 Å². The van der Waals surface area contributed by atoms with Crippen LogP contribution in [0.4, 0.5) is 4.79 Å².